The lowest BCUT2D eigenvalue weighted by atomic mass is 9.76. The standard InChI is InChI=1S/C30H39NO4/c1-7-29(3,4)20-14-15-26(24(18-20)30(5,6)8-2)35-17-11-16-31-28(34)23-19-25(32)21-12-9-10-13-22(21)27(23)33/h9-10,12-15,18-19,32-33H,7-8,11,16-17H2,1-6H3,(H,31,34). The van der Waals surface area contributed by atoms with Gasteiger partial charge in [-0.25, -0.2) is 0 Å². The van der Waals surface area contributed by atoms with Gasteiger partial charge in [-0.3, -0.25) is 4.79 Å². The fourth-order valence-corrected chi connectivity index (χ4v) is 4.07. The number of hydrogen-bond donors (Lipinski definition) is 3. The van der Waals surface area contributed by atoms with Crippen LogP contribution in [0.25, 0.3) is 10.8 Å². The third-order valence-corrected chi connectivity index (χ3v) is 7.36. The van der Waals surface area contributed by atoms with E-state index in [1.54, 1.807) is 24.3 Å². The fraction of sp³-hybridized carbons (Fsp3) is 0.433. The predicted molar refractivity (Wildman–Crippen MR) is 143 cm³/mol. The number of carbonyl (C=O) groups excluding carboxylic acids is 1. The predicted octanol–water partition coefficient (Wildman–Crippen LogP) is 6.83. The summed E-state index contributed by atoms with van der Waals surface area (Å²) in [6.07, 6.45) is 2.67. The van der Waals surface area contributed by atoms with Crippen LogP contribution >= 0.6 is 0 Å². The van der Waals surface area contributed by atoms with Crippen molar-refractivity contribution in [2.24, 2.45) is 0 Å². The fourth-order valence-electron chi connectivity index (χ4n) is 4.07. The third kappa shape index (κ3) is 5.72. The molecule has 0 atom stereocenters. The monoisotopic (exact) mass is 477 g/mol. The number of ether oxygens (including phenoxy) is 1. The van der Waals surface area contributed by atoms with E-state index < -0.39 is 5.91 Å². The Morgan fingerprint density at radius 3 is 2.23 bits per heavy atom. The molecule has 0 fully saturated rings. The lowest BCUT2D eigenvalue weighted by Gasteiger charge is -2.30. The Morgan fingerprint density at radius 1 is 0.914 bits per heavy atom. The molecule has 3 N–H and O–H groups in total. The Morgan fingerprint density at radius 2 is 1.57 bits per heavy atom. The van der Waals surface area contributed by atoms with Crippen LogP contribution in [0.1, 0.15) is 82.3 Å². The zero-order valence-corrected chi connectivity index (χ0v) is 21.9. The quantitative estimate of drug-likeness (QED) is 0.221. The summed E-state index contributed by atoms with van der Waals surface area (Å²) in [5.41, 5.74) is 2.67. The van der Waals surface area contributed by atoms with Crippen LogP contribution in [-0.4, -0.2) is 29.3 Å². The normalized spacial score (nSPS) is 12.1. The molecule has 35 heavy (non-hydrogen) atoms. The molecule has 0 unspecified atom stereocenters. The Balaban J connectivity index is 1.65. The van der Waals surface area contributed by atoms with Crippen molar-refractivity contribution in [1.82, 2.24) is 5.32 Å². The van der Waals surface area contributed by atoms with E-state index in [0.29, 0.717) is 30.3 Å². The average molecular weight is 478 g/mol. The van der Waals surface area contributed by atoms with Crippen molar-refractivity contribution in [3.63, 3.8) is 0 Å². The van der Waals surface area contributed by atoms with Crippen molar-refractivity contribution < 1.29 is 19.7 Å². The molecule has 0 heterocycles. The van der Waals surface area contributed by atoms with Crippen LogP contribution in [0.4, 0.5) is 0 Å². The number of phenols is 2. The first-order valence-corrected chi connectivity index (χ1v) is 12.5. The Hall–Kier alpha value is -3.21. The maximum absolute atomic E-state index is 12.7. The number of aromatic hydroxyl groups is 2. The minimum absolute atomic E-state index is 0.0149. The number of rotatable bonds is 10. The maximum Gasteiger partial charge on any atom is 0.255 e. The SMILES string of the molecule is CCC(C)(C)c1ccc(OCCCNC(=O)c2cc(O)c3ccccc3c2O)c(C(C)(C)CC)c1. The molecule has 0 radical (unpaired) electrons. The van der Waals surface area contributed by atoms with Crippen LogP contribution in [0, 0.1) is 0 Å². The zero-order valence-electron chi connectivity index (χ0n) is 21.9. The molecule has 1 amide bonds. The summed E-state index contributed by atoms with van der Waals surface area (Å²) in [7, 11) is 0. The van der Waals surface area contributed by atoms with Gasteiger partial charge < -0.3 is 20.3 Å². The van der Waals surface area contributed by atoms with Crippen molar-refractivity contribution in [1.29, 1.82) is 0 Å². The highest BCUT2D eigenvalue weighted by atomic mass is 16.5. The highest BCUT2D eigenvalue weighted by molar-refractivity contribution is 6.05. The Labute approximate surface area is 209 Å². The number of carbonyl (C=O) groups is 1. The van der Waals surface area contributed by atoms with Gasteiger partial charge in [0.25, 0.3) is 5.91 Å². The van der Waals surface area contributed by atoms with E-state index in [1.807, 2.05) is 0 Å². The molecule has 0 saturated heterocycles. The second-order valence-corrected chi connectivity index (χ2v) is 10.5. The largest absolute Gasteiger partial charge is 0.507 e. The summed E-state index contributed by atoms with van der Waals surface area (Å²) >= 11 is 0. The minimum Gasteiger partial charge on any atom is -0.507 e. The van der Waals surface area contributed by atoms with Crippen molar-refractivity contribution >= 4 is 16.7 Å². The molecule has 5 nitrogen and oxygen atoms in total. The van der Waals surface area contributed by atoms with Gasteiger partial charge in [0.15, 0.2) is 0 Å². The van der Waals surface area contributed by atoms with Gasteiger partial charge in [0.05, 0.1) is 12.2 Å². The summed E-state index contributed by atoms with van der Waals surface area (Å²) in [4.78, 5) is 12.7. The van der Waals surface area contributed by atoms with E-state index in [2.05, 4.69) is 65.1 Å². The topological polar surface area (TPSA) is 78.8 Å². The average Bonchev–Trinajstić information content (AvgIpc) is 2.85. The van der Waals surface area contributed by atoms with E-state index in [4.69, 9.17) is 4.74 Å². The van der Waals surface area contributed by atoms with Crippen LogP contribution < -0.4 is 10.1 Å². The smallest absolute Gasteiger partial charge is 0.255 e. The number of nitrogens with one attached hydrogen (secondary N) is 1. The van der Waals surface area contributed by atoms with Crippen molar-refractivity contribution in [2.75, 3.05) is 13.2 Å². The van der Waals surface area contributed by atoms with Gasteiger partial charge in [0.1, 0.15) is 17.2 Å². The Kier molecular flexibility index (Phi) is 7.99. The molecule has 0 aliphatic rings. The van der Waals surface area contributed by atoms with E-state index in [1.165, 1.54) is 17.2 Å². The second kappa shape index (κ2) is 10.6. The van der Waals surface area contributed by atoms with Gasteiger partial charge >= 0.3 is 0 Å². The van der Waals surface area contributed by atoms with Crippen LogP contribution in [0.5, 0.6) is 17.2 Å². The van der Waals surface area contributed by atoms with E-state index in [-0.39, 0.29) is 27.9 Å². The second-order valence-electron chi connectivity index (χ2n) is 10.5. The summed E-state index contributed by atoms with van der Waals surface area (Å²) < 4.78 is 6.17. The van der Waals surface area contributed by atoms with Gasteiger partial charge in [0, 0.05) is 22.9 Å². The number of fused-ring (bicyclic) bond motifs is 1. The molecule has 0 spiro atoms. The highest BCUT2D eigenvalue weighted by Crippen LogP contribution is 2.38. The molecule has 3 rings (SSSR count). The van der Waals surface area contributed by atoms with E-state index >= 15 is 0 Å². The number of phenolic OH excluding ortho intramolecular Hbond substituents is 2. The van der Waals surface area contributed by atoms with Crippen LogP contribution in [0.15, 0.2) is 48.5 Å². The number of hydrogen-bond acceptors (Lipinski definition) is 4. The molecule has 0 aromatic heterocycles. The third-order valence-electron chi connectivity index (χ3n) is 7.36. The van der Waals surface area contributed by atoms with Gasteiger partial charge in [-0.2, -0.15) is 0 Å². The highest BCUT2D eigenvalue weighted by Gasteiger charge is 2.26. The van der Waals surface area contributed by atoms with E-state index in [9.17, 15) is 15.0 Å². The summed E-state index contributed by atoms with van der Waals surface area (Å²) in [6, 6.07) is 14.7. The molecular formula is C30H39NO4. The molecule has 5 heteroatoms. The van der Waals surface area contributed by atoms with E-state index in [0.717, 1.165) is 18.6 Å². The summed E-state index contributed by atoms with van der Waals surface area (Å²) in [5, 5.41) is 24.5. The minimum atomic E-state index is -0.428. The van der Waals surface area contributed by atoms with Crippen molar-refractivity contribution in [2.45, 2.75) is 71.6 Å². The molecule has 0 aliphatic heterocycles. The van der Waals surface area contributed by atoms with Gasteiger partial charge in [-0.15, -0.1) is 0 Å². The summed E-state index contributed by atoms with van der Waals surface area (Å²) in [6.45, 7) is 14.3. The number of amides is 1. The van der Waals surface area contributed by atoms with Gasteiger partial charge in [0.2, 0.25) is 0 Å². The molecule has 3 aromatic carbocycles. The number of benzene rings is 3. The van der Waals surface area contributed by atoms with Crippen molar-refractivity contribution in [3.8, 4) is 17.2 Å². The zero-order chi connectivity index (χ0) is 25.8. The molecule has 0 aliphatic carbocycles. The van der Waals surface area contributed by atoms with Gasteiger partial charge in [-0.1, -0.05) is 77.9 Å². The Bertz CT molecular complexity index is 1200. The molecule has 188 valence electrons. The van der Waals surface area contributed by atoms with Gasteiger partial charge in [-0.05, 0) is 47.8 Å². The van der Waals surface area contributed by atoms with Crippen LogP contribution in [-0.2, 0) is 10.8 Å². The van der Waals surface area contributed by atoms with Crippen LogP contribution in [0.3, 0.4) is 0 Å². The first kappa shape index (κ1) is 26.4. The molecule has 0 bridgehead atoms. The molecule has 3 aromatic rings. The maximum atomic E-state index is 12.7. The first-order chi connectivity index (χ1) is 16.5. The van der Waals surface area contributed by atoms with Crippen molar-refractivity contribution in [3.05, 3.63) is 65.2 Å². The van der Waals surface area contributed by atoms with Crippen LogP contribution in [0.2, 0.25) is 0 Å². The molecule has 0 saturated carbocycles. The molecular weight excluding hydrogens is 438 g/mol. The lowest BCUT2D eigenvalue weighted by Crippen LogP contribution is -2.26. The lowest BCUT2D eigenvalue weighted by molar-refractivity contribution is 0.0948. The summed E-state index contributed by atoms with van der Waals surface area (Å²) in [5.74, 6) is 0.291. The first-order valence-electron chi connectivity index (χ1n) is 12.5.